The minimum absolute atomic E-state index is 0. The number of anilines is 1. The molecule has 2 aliphatic rings. The van der Waals surface area contributed by atoms with E-state index in [2.05, 4.69) is 4.37 Å². The third-order valence-electron chi connectivity index (χ3n) is 6.20. The van der Waals surface area contributed by atoms with Crippen LogP contribution in [-0.2, 0) is 0 Å². The Hall–Kier alpha value is -2.10. The van der Waals surface area contributed by atoms with Crippen LogP contribution in [0.15, 0.2) is 15.7 Å². The molecule has 162 valence electrons. The van der Waals surface area contributed by atoms with Crippen LogP contribution < -0.4 is 26.4 Å². The Bertz CT molecular complexity index is 1250. The zero-order valence-corrected chi connectivity index (χ0v) is 18.4. The predicted octanol–water partition coefficient (Wildman–Crippen LogP) is 2.98. The fourth-order valence-corrected chi connectivity index (χ4v) is 5.42. The first-order valence-corrected chi connectivity index (χ1v) is 10.7. The molecule has 0 radical (unpaired) electrons. The first-order chi connectivity index (χ1) is 13.9. The highest BCUT2D eigenvalue weighted by atomic mass is 35.5. The van der Waals surface area contributed by atoms with Gasteiger partial charge < -0.3 is 19.9 Å². The molecule has 0 amide bonds. The van der Waals surface area contributed by atoms with Gasteiger partial charge in [-0.3, -0.25) is 14.0 Å². The van der Waals surface area contributed by atoms with E-state index in [0.29, 0.717) is 34.9 Å². The van der Waals surface area contributed by atoms with Gasteiger partial charge in [-0.15, -0.1) is 12.4 Å². The van der Waals surface area contributed by atoms with E-state index in [1.54, 1.807) is 0 Å². The fourth-order valence-electron chi connectivity index (χ4n) is 4.51. The summed E-state index contributed by atoms with van der Waals surface area (Å²) in [7, 11) is 1.50. The summed E-state index contributed by atoms with van der Waals surface area (Å²) in [6, 6.07) is 1.47. The predicted molar refractivity (Wildman–Crippen MR) is 120 cm³/mol. The number of aromatic amines is 1. The van der Waals surface area contributed by atoms with Gasteiger partial charge in [0.25, 0.3) is 5.56 Å². The molecule has 0 bridgehead atoms. The van der Waals surface area contributed by atoms with Crippen molar-refractivity contribution in [1.29, 1.82) is 0 Å². The maximum atomic E-state index is 15.3. The first kappa shape index (κ1) is 21.1. The number of nitrogens with one attached hydrogen (secondary N) is 1. The third-order valence-corrected chi connectivity index (χ3v) is 7.08. The maximum Gasteiger partial charge on any atom is 0.271 e. The number of nitrogens with zero attached hydrogens (tertiary/aromatic N) is 2. The molecular weight excluding hydrogens is 431 g/mol. The van der Waals surface area contributed by atoms with Crippen LogP contribution in [0.1, 0.15) is 32.2 Å². The number of hydrogen-bond donors (Lipinski definition) is 2. The van der Waals surface area contributed by atoms with Crippen molar-refractivity contribution in [2.75, 3.05) is 25.1 Å². The molecule has 2 atom stereocenters. The Morgan fingerprint density at radius 3 is 2.67 bits per heavy atom. The quantitative estimate of drug-likeness (QED) is 0.632. The van der Waals surface area contributed by atoms with Crippen molar-refractivity contribution in [3.8, 4) is 5.75 Å². The molecule has 0 spiro atoms. The summed E-state index contributed by atoms with van der Waals surface area (Å²) in [6.45, 7) is 3.29. The smallest absolute Gasteiger partial charge is 0.271 e. The van der Waals surface area contributed by atoms with Gasteiger partial charge in [-0.1, -0.05) is 0 Å². The van der Waals surface area contributed by atoms with Gasteiger partial charge in [-0.05, 0) is 49.7 Å². The summed E-state index contributed by atoms with van der Waals surface area (Å²) >= 11 is 1.15. The van der Waals surface area contributed by atoms with Crippen LogP contribution in [-0.4, -0.2) is 35.2 Å². The van der Waals surface area contributed by atoms with E-state index in [1.165, 1.54) is 13.2 Å². The molecule has 1 unspecified atom stereocenters. The average molecular weight is 455 g/mol. The van der Waals surface area contributed by atoms with Gasteiger partial charge in [0.05, 0.1) is 18.0 Å². The monoisotopic (exact) mass is 454 g/mol. The Morgan fingerprint density at radius 2 is 2.07 bits per heavy atom. The molecule has 2 fully saturated rings. The summed E-state index contributed by atoms with van der Waals surface area (Å²) in [4.78, 5) is 27.9. The van der Waals surface area contributed by atoms with Crippen LogP contribution in [0.4, 0.5) is 10.1 Å². The lowest BCUT2D eigenvalue weighted by Gasteiger charge is -2.25. The number of fused-ring (bicyclic) bond motifs is 2. The van der Waals surface area contributed by atoms with Crippen molar-refractivity contribution in [2.45, 2.75) is 38.3 Å². The molecule has 30 heavy (non-hydrogen) atoms. The summed E-state index contributed by atoms with van der Waals surface area (Å²) in [5, 5.41) is 0.288. The van der Waals surface area contributed by atoms with E-state index in [9.17, 15) is 9.59 Å². The summed E-state index contributed by atoms with van der Waals surface area (Å²) < 4.78 is 25.7. The Morgan fingerprint density at radius 1 is 1.33 bits per heavy atom. The zero-order chi connectivity index (χ0) is 20.4. The molecular formula is C20H24ClFN4O3S. The highest BCUT2D eigenvalue weighted by Crippen LogP contribution is 2.46. The Labute approximate surface area is 182 Å². The van der Waals surface area contributed by atoms with E-state index < -0.39 is 16.8 Å². The average Bonchev–Trinajstić information content (AvgIpc) is 3.26. The first-order valence-electron chi connectivity index (χ1n) is 9.88. The van der Waals surface area contributed by atoms with Crippen LogP contribution >= 0.6 is 23.9 Å². The van der Waals surface area contributed by atoms with Gasteiger partial charge in [0, 0.05) is 25.2 Å². The van der Waals surface area contributed by atoms with Crippen LogP contribution in [0.5, 0.6) is 5.75 Å². The van der Waals surface area contributed by atoms with Gasteiger partial charge in [-0.2, -0.15) is 0 Å². The van der Waals surface area contributed by atoms with Crippen molar-refractivity contribution >= 4 is 50.7 Å². The lowest BCUT2D eigenvalue weighted by Crippen LogP contribution is -2.30. The van der Waals surface area contributed by atoms with Gasteiger partial charge in [0.1, 0.15) is 15.9 Å². The van der Waals surface area contributed by atoms with E-state index in [-0.39, 0.29) is 41.2 Å². The second-order valence-electron chi connectivity index (χ2n) is 8.13. The Kier molecular flexibility index (Phi) is 5.32. The van der Waals surface area contributed by atoms with Crippen LogP contribution in [0.25, 0.3) is 21.1 Å². The van der Waals surface area contributed by atoms with Crippen LogP contribution in [0, 0.1) is 11.7 Å². The van der Waals surface area contributed by atoms with Crippen molar-refractivity contribution in [2.24, 2.45) is 11.7 Å². The number of benzene rings is 1. The number of halogens is 2. The van der Waals surface area contributed by atoms with Crippen molar-refractivity contribution in [3.05, 3.63) is 32.5 Å². The highest BCUT2D eigenvalue weighted by Gasteiger charge is 2.34. The molecule has 1 saturated heterocycles. The number of aromatic nitrogens is 2. The van der Waals surface area contributed by atoms with Crippen molar-refractivity contribution in [3.63, 3.8) is 0 Å². The normalized spacial score (nSPS) is 20.0. The zero-order valence-electron chi connectivity index (χ0n) is 16.7. The maximum absolute atomic E-state index is 15.3. The molecule has 7 nitrogen and oxygen atoms in total. The molecule has 2 aromatic heterocycles. The van der Waals surface area contributed by atoms with Gasteiger partial charge in [0.15, 0.2) is 11.6 Å². The summed E-state index contributed by atoms with van der Waals surface area (Å²) in [5.41, 5.74) is 6.14. The molecule has 3 N–H and O–H groups in total. The SMILES string of the molecule is COc1c(N2CC[C@H](C(C)N)C2)c(F)cc2c(=O)c3c(=O)[nH]sc3n(C3CC3)c12.Cl. The molecule has 1 aliphatic heterocycles. The standard InChI is InChI=1S/C20H23FN4O3S.ClH/c1-9(22)10-5-6-24(8-10)16-13(21)7-12-15(18(16)28-2)25(11-3-4-11)20-14(17(12)26)19(27)23-29-20;/h7,9-11H,3-6,8,22H2,1-2H3,(H,23,27);1H/t9?,10-;/m0./s1. The number of methoxy groups -OCH3 is 1. The molecule has 1 aromatic carbocycles. The number of H-pyrrole nitrogens is 1. The van der Waals surface area contributed by atoms with E-state index in [0.717, 1.165) is 30.8 Å². The number of hydrogen-bond acceptors (Lipinski definition) is 6. The third kappa shape index (κ3) is 3.02. The number of ether oxygens (including phenoxy) is 1. The second-order valence-corrected chi connectivity index (χ2v) is 8.93. The molecule has 3 aromatic rings. The molecule has 5 rings (SSSR count). The van der Waals surface area contributed by atoms with Gasteiger partial charge >= 0.3 is 0 Å². The molecule has 1 aliphatic carbocycles. The van der Waals surface area contributed by atoms with Crippen LogP contribution in [0.2, 0.25) is 0 Å². The highest BCUT2D eigenvalue weighted by molar-refractivity contribution is 7.12. The minimum atomic E-state index is -0.509. The lowest BCUT2D eigenvalue weighted by atomic mass is 10.0. The molecule has 10 heteroatoms. The molecule has 3 heterocycles. The number of rotatable bonds is 4. The largest absolute Gasteiger partial charge is 0.492 e. The second kappa shape index (κ2) is 7.55. The summed E-state index contributed by atoms with van der Waals surface area (Å²) in [6.07, 6.45) is 2.78. The van der Waals surface area contributed by atoms with Crippen LogP contribution in [0.3, 0.4) is 0 Å². The number of nitrogens with two attached hydrogens (primary N) is 1. The van der Waals surface area contributed by atoms with Crippen molar-refractivity contribution < 1.29 is 9.13 Å². The van der Waals surface area contributed by atoms with Gasteiger partial charge in [-0.25, -0.2) is 4.39 Å². The van der Waals surface area contributed by atoms with E-state index in [4.69, 9.17) is 10.5 Å². The lowest BCUT2D eigenvalue weighted by molar-refractivity contribution is 0.413. The summed E-state index contributed by atoms with van der Waals surface area (Å²) in [5.74, 6) is 0.125. The molecule has 1 saturated carbocycles. The van der Waals surface area contributed by atoms with Crippen molar-refractivity contribution in [1.82, 2.24) is 8.94 Å². The topological polar surface area (TPSA) is 93.3 Å². The van der Waals surface area contributed by atoms with Gasteiger partial charge in [0.2, 0.25) is 5.43 Å². The minimum Gasteiger partial charge on any atom is -0.492 e. The van der Waals surface area contributed by atoms with E-state index >= 15 is 4.39 Å². The fraction of sp³-hybridized carbons (Fsp3) is 0.500. The Balaban J connectivity index is 0.00000218. The number of pyridine rings is 1. The van der Waals surface area contributed by atoms with E-state index in [1.807, 2.05) is 16.4 Å².